The summed E-state index contributed by atoms with van der Waals surface area (Å²) in [7, 11) is 1.63. The van der Waals surface area contributed by atoms with E-state index in [1.54, 1.807) is 19.6 Å². The topological polar surface area (TPSA) is 54.5 Å². The molecule has 0 aromatic heterocycles. The first-order valence-electron chi connectivity index (χ1n) is 9.70. The first-order valence-corrected chi connectivity index (χ1v) is 10.6. The highest BCUT2D eigenvalue weighted by atomic mass is 32.2. The Labute approximate surface area is 167 Å². The lowest BCUT2D eigenvalue weighted by Gasteiger charge is -2.26. The monoisotopic (exact) mass is 387 g/mol. The predicted octanol–water partition coefficient (Wildman–Crippen LogP) is 3.53. The molecule has 146 valence electrons. The largest absolute Gasteiger partial charge is 0.311 e. The molecule has 0 spiro atoms. The summed E-state index contributed by atoms with van der Waals surface area (Å²) in [6.07, 6.45) is 2.02. The van der Waals surface area contributed by atoms with Crippen molar-refractivity contribution in [3.8, 4) is 0 Å². The van der Waals surface area contributed by atoms with E-state index >= 15 is 0 Å². The van der Waals surface area contributed by atoms with Gasteiger partial charge in [-0.3, -0.25) is 9.59 Å². The van der Waals surface area contributed by atoms with Crippen LogP contribution in [-0.4, -0.2) is 35.8 Å². The molecule has 0 radical (unpaired) electrons. The van der Waals surface area contributed by atoms with Crippen LogP contribution >= 0.6 is 11.8 Å². The van der Waals surface area contributed by atoms with E-state index in [1.807, 2.05) is 38.1 Å². The van der Waals surface area contributed by atoms with Crippen molar-refractivity contribution >= 4 is 42.8 Å². The smallest absolute Gasteiger partial charge is 0.247 e. The molecule has 1 aliphatic heterocycles. The lowest BCUT2D eigenvalue weighted by molar-refractivity contribution is -0.121. The van der Waals surface area contributed by atoms with Gasteiger partial charge in [0.05, 0.1) is 16.6 Å². The highest BCUT2D eigenvalue weighted by Crippen LogP contribution is 2.35. The minimum Gasteiger partial charge on any atom is -0.311 e. The van der Waals surface area contributed by atoms with Crippen LogP contribution in [0.15, 0.2) is 24.3 Å². The molecule has 1 aromatic carbocycles. The van der Waals surface area contributed by atoms with Gasteiger partial charge in [-0.25, -0.2) is 4.90 Å². The van der Waals surface area contributed by atoms with Crippen molar-refractivity contribution in [3.05, 3.63) is 29.8 Å². The minimum absolute atomic E-state index is 0.108. The average molecular weight is 387 g/mol. The van der Waals surface area contributed by atoms with Gasteiger partial charge in [0.2, 0.25) is 11.8 Å². The first-order chi connectivity index (χ1) is 12.6. The number of carbonyl (C=O) groups excluding carboxylic acids is 3. The molecule has 6 heteroatoms. The zero-order valence-electron chi connectivity index (χ0n) is 17.2. The third-order valence-corrected chi connectivity index (χ3v) is 7.06. The van der Waals surface area contributed by atoms with E-state index in [4.69, 9.17) is 0 Å². The Balaban J connectivity index is 2.11. The quantitative estimate of drug-likeness (QED) is 0.506. The zero-order valence-corrected chi connectivity index (χ0v) is 18.1. The Bertz CT molecular complexity index is 717. The maximum Gasteiger partial charge on any atom is 0.247 e. The Morgan fingerprint density at radius 2 is 1.85 bits per heavy atom. The molecular weight excluding hydrogens is 357 g/mol. The fourth-order valence-electron chi connectivity index (χ4n) is 3.34. The van der Waals surface area contributed by atoms with E-state index in [0.29, 0.717) is 10.9 Å². The summed E-state index contributed by atoms with van der Waals surface area (Å²) in [5.74, 6) is -0.0141. The summed E-state index contributed by atoms with van der Waals surface area (Å²) in [5, 5.41) is 0.0852. The number of imide groups is 1. The standard InChI is InChI=1S/C21H30BNO3S/c1-6-14(3)27-17-11-18(24)23(19(17)25)16-9-7-15(8-10-16)13(2)12-21(4,5)20(22)26/h7-10,13-14,17H,6,11-12,22H2,1-5H3. The predicted molar refractivity (Wildman–Crippen MR) is 115 cm³/mol. The molecule has 27 heavy (non-hydrogen) atoms. The average Bonchev–Trinajstić information content (AvgIpc) is 2.88. The molecule has 3 unspecified atom stereocenters. The second-order valence-electron chi connectivity index (χ2n) is 8.25. The Morgan fingerprint density at radius 1 is 1.26 bits per heavy atom. The van der Waals surface area contributed by atoms with Gasteiger partial charge >= 0.3 is 0 Å². The Kier molecular flexibility index (Phi) is 6.95. The van der Waals surface area contributed by atoms with Crippen LogP contribution in [0.1, 0.15) is 65.4 Å². The number of hydrogen-bond donors (Lipinski definition) is 0. The molecule has 1 heterocycles. The van der Waals surface area contributed by atoms with Crippen molar-refractivity contribution < 1.29 is 14.4 Å². The molecule has 4 nitrogen and oxygen atoms in total. The van der Waals surface area contributed by atoms with Crippen LogP contribution in [0.25, 0.3) is 0 Å². The van der Waals surface area contributed by atoms with Gasteiger partial charge in [0.15, 0.2) is 7.85 Å². The number of carbonyl (C=O) groups is 3. The highest BCUT2D eigenvalue weighted by molar-refractivity contribution is 8.01. The van der Waals surface area contributed by atoms with Crippen molar-refractivity contribution in [3.63, 3.8) is 0 Å². The van der Waals surface area contributed by atoms with Crippen molar-refractivity contribution in [2.75, 3.05) is 4.90 Å². The highest BCUT2D eigenvalue weighted by Gasteiger charge is 2.40. The molecule has 0 aliphatic carbocycles. The van der Waals surface area contributed by atoms with Crippen LogP contribution in [0.5, 0.6) is 0 Å². The van der Waals surface area contributed by atoms with Gasteiger partial charge in [-0.05, 0) is 36.5 Å². The summed E-state index contributed by atoms with van der Waals surface area (Å²) >= 11 is 1.59. The van der Waals surface area contributed by atoms with Crippen LogP contribution in [-0.2, 0) is 14.4 Å². The van der Waals surface area contributed by atoms with Gasteiger partial charge in [0.25, 0.3) is 0 Å². The van der Waals surface area contributed by atoms with Gasteiger partial charge in [-0.15, -0.1) is 11.8 Å². The summed E-state index contributed by atoms with van der Waals surface area (Å²) in [6.45, 7) is 10.2. The second-order valence-corrected chi connectivity index (χ2v) is 9.90. The molecule has 2 amide bonds. The molecule has 0 N–H and O–H groups in total. The van der Waals surface area contributed by atoms with Crippen LogP contribution < -0.4 is 4.90 Å². The van der Waals surface area contributed by atoms with E-state index in [9.17, 15) is 14.4 Å². The Hall–Kier alpha value is -1.56. The number of nitrogens with zero attached hydrogens (tertiary/aromatic N) is 1. The number of benzene rings is 1. The van der Waals surface area contributed by atoms with E-state index in [1.165, 1.54) is 4.90 Å². The fourth-order valence-corrected chi connectivity index (χ4v) is 4.55. The van der Waals surface area contributed by atoms with Crippen LogP contribution in [0, 0.1) is 5.41 Å². The van der Waals surface area contributed by atoms with Crippen molar-refractivity contribution in [1.82, 2.24) is 0 Å². The van der Waals surface area contributed by atoms with Gasteiger partial charge in [-0.2, -0.15) is 0 Å². The van der Waals surface area contributed by atoms with Crippen LogP contribution in [0.2, 0.25) is 0 Å². The van der Waals surface area contributed by atoms with Gasteiger partial charge in [-0.1, -0.05) is 46.8 Å². The minimum atomic E-state index is -0.362. The molecular formula is C21H30BNO3S. The molecule has 1 saturated heterocycles. The number of hydrogen-bond acceptors (Lipinski definition) is 4. The van der Waals surface area contributed by atoms with Crippen molar-refractivity contribution in [1.29, 1.82) is 0 Å². The third kappa shape index (κ3) is 5.04. The molecule has 1 aromatic rings. The van der Waals surface area contributed by atoms with E-state index < -0.39 is 0 Å². The molecule has 0 bridgehead atoms. The number of rotatable bonds is 8. The van der Waals surface area contributed by atoms with Crippen LogP contribution in [0.3, 0.4) is 0 Å². The van der Waals surface area contributed by atoms with Gasteiger partial charge < -0.3 is 4.79 Å². The molecule has 2 rings (SSSR count). The third-order valence-electron chi connectivity index (χ3n) is 5.57. The lowest BCUT2D eigenvalue weighted by atomic mass is 9.71. The number of anilines is 1. The van der Waals surface area contributed by atoms with E-state index in [0.717, 1.165) is 18.4 Å². The summed E-state index contributed by atoms with van der Waals surface area (Å²) < 4.78 is 0. The van der Waals surface area contributed by atoms with Crippen molar-refractivity contribution in [2.45, 2.75) is 70.3 Å². The van der Waals surface area contributed by atoms with E-state index in [2.05, 4.69) is 20.8 Å². The summed E-state index contributed by atoms with van der Waals surface area (Å²) in [6, 6.07) is 7.62. The molecule has 3 atom stereocenters. The van der Waals surface area contributed by atoms with Crippen LogP contribution in [0.4, 0.5) is 5.69 Å². The fraction of sp³-hybridized carbons (Fsp3) is 0.571. The molecule has 1 aliphatic rings. The SMILES string of the molecule is BC(=O)C(C)(C)CC(C)c1ccc(N2C(=O)CC(SC(C)CC)C2=O)cc1. The summed E-state index contributed by atoms with van der Waals surface area (Å²) in [5.41, 5.74) is 1.57. The van der Waals surface area contributed by atoms with E-state index in [-0.39, 0.29) is 40.5 Å². The maximum absolute atomic E-state index is 12.7. The summed E-state index contributed by atoms with van der Waals surface area (Å²) in [4.78, 5) is 38.2. The van der Waals surface area contributed by atoms with Gasteiger partial charge in [0, 0.05) is 17.1 Å². The first kappa shape index (κ1) is 21.7. The van der Waals surface area contributed by atoms with Crippen molar-refractivity contribution in [2.24, 2.45) is 5.41 Å². The zero-order chi connectivity index (χ0) is 20.4. The second kappa shape index (κ2) is 8.64. The number of thioether (sulfide) groups is 1. The number of amides is 2. The Morgan fingerprint density at radius 3 is 2.37 bits per heavy atom. The maximum atomic E-state index is 12.7. The normalized spacial score (nSPS) is 20.0. The van der Waals surface area contributed by atoms with Gasteiger partial charge in [0.1, 0.15) is 0 Å². The lowest BCUT2D eigenvalue weighted by Crippen LogP contribution is -2.31. The molecule has 0 saturated carbocycles. The molecule has 1 fully saturated rings.